The maximum absolute atomic E-state index is 11.7. The van der Waals surface area contributed by atoms with E-state index < -0.39 is 9.84 Å². The van der Waals surface area contributed by atoms with Crippen molar-refractivity contribution in [3.63, 3.8) is 0 Å². The molecule has 0 amide bonds. The van der Waals surface area contributed by atoms with E-state index in [1.54, 1.807) is 0 Å². The molecular weight excluding hydrogens is 336 g/mol. The highest BCUT2D eigenvalue weighted by Gasteiger charge is 2.29. The van der Waals surface area contributed by atoms with Crippen LogP contribution >= 0.6 is 0 Å². The van der Waals surface area contributed by atoms with Crippen molar-refractivity contribution in [3.8, 4) is 0 Å². The largest absolute Gasteiger partial charge is 0.357 e. The summed E-state index contributed by atoms with van der Waals surface area (Å²) in [6, 6.07) is 0.423. The van der Waals surface area contributed by atoms with E-state index in [1.165, 1.54) is 12.8 Å². The van der Waals surface area contributed by atoms with Gasteiger partial charge in [-0.25, -0.2) is 8.42 Å². The lowest BCUT2D eigenvalue weighted by molar-refractivity contribution is 0.113. The molecule has 2 aliphatic rings. The quantitative estimate of drug-likeness (QED) is 0.546. The minimum Gasteiger partial charge on any atom is -0.357 e. The van der Waals surface area contributed by atoms with Crippen LogP contribution in [0.4, 0.5) is 0 Å². The zero-order valence-corrected chi connectivity index (χ0v) is 17.1. The number of hydrogen-bond acceptors (Lipinski definition) is 4. The Morgan fingerprint density at radius 2 is 1.92 bits per heavy atom. The van der Waals surface area contributed by atoms with Crippen molar-refractivity contribution in [1.29, 1.82) is 0 Å². The normalized spacial score (nSPS) is 26.8. The Hall–Kier alpha value is -0.820. The van der Waals surface area contributed by atoms with Gasteiger partial charge in [0.2, 0.25) is 0 Å². The Morgan fingerprint density at radius 3 is 2.44 bits per heavy atom. The molecule has 2 atom stereocenters. The number of nitrogens with one attached hydrogen (secondary N) is 2. The summed E-state index contributed by atoms with van der Waals surface area (Å²) >= 11 is 0. The molecule has 7 heteroatoms. The molecule has 2 N–H and O–H groups in total. The van der Waals surface area contributed by atoms with Gasteiger partial charge in [0, 0.05) is 18.6 Å². The zero-order chi connectivity index (χ0) is 18.4. The zero-order valence-electron chi connectivity index (χ0n) is 16.3. The molecular formula is C18H36N4O2S. The highest BCUT2D eigenvalue weighted by atomic mass is 32.2. The van der Waals surface area contributed by atoms with E-state index in [9.17, 15) is 8.42 Å². The molecule has 6 nitrogen and oxygen atoms in total. The first-order valence-electron chi connectivity index (χ1n) is 9.80. The Kier molecular flexibility index (Phi) is 7.55. The Balaban J connectivity index is 1.97. The molecule has 0 radical (unpaired) electrons. The van der Waals surface area contributed by atoms with Gasteiger partial charge >= 0.3 is 0 Å². The third kappa shape index (κ3) is 6.44. The van der Waals surface area contributed by atoms with Gasteiger partial charge in [0.05, 0.1) is 18.1 Å². The summed E-state index contributed by atoms with van der Waals surface area (Å²) < 4.78 is 23.3. The topological polar surface area (TPSA) is 73.8 Å². The molecule has 0 spiro atoms. The van der Waals surface area contributed by atoms with Crippen molar-refractivity contribution < 1.29 is 8.42 Å². The summed E-state index contributed by atoms with van der Waals surface area (Å²) in [4.78, 5) is 7.38. The summed E-state index contributed by atoms with van der Waals surface area (Å²) in [6.07, 6.45) is 3.21. The molecule has 0 bridgehead atoms. The molecule has 0 aromatic heterocycles. The number of rotatable bonds is 6. The highest BCUT2D eigenvalue weighted by molar-refractivity contribution is 7.91. The van der Waals surface area contributed by atoms with Gasteiger partial charge in [-0.1, -0.05) is 20.8 Å². The third-order valence-corrected chi connectivity index (χ3v) is 7.18. The van der Waals surface area contributed by atoms with E-state index in [0.29, 0.717) is 18.4 Å². The van der Waals surface area contributed by atoms with Gasteiger partial charge in [0.1, 0.15) is 0 Å². The standard InChI is InChI=1S/C18H36N4O2S/c1-5-19-18(21-16-8-11-25(23,24)13-16)20-12-17(14(2)3)22-9-6-15(4)7-10-22/h14-17H,5-13H2,1-4H3,(H2,19,20,21). The van der Waals surface area contributed by atoms with Crippen molar-refractivity contribution in [3.05, 3.63) is 0 Å². The van der Waals surface area contributed by atoms with Crippen LogP contribution in [-0.4, -0.2) is 69.0 Å². The number of piperidine rings is 1. The monoisotopic (exact) mass is 372 g/mol. The lowest BCUT2D eigenvalue weighted by Gasteiger charge is -2.38. The van der Waals surface area contributed by atoms with E-state index in [0.717, 1.165) is 38.1 Å². The minimum atomic E-state index is -2.88. The number of likely N-dealkylation sites (tertiary alicyclic amines) is 1. The van der Waals surface area contributed by atoms with Crippen molar-refractivity contribution in [2.24, 2.45) is 16.8 Å². The summed E-state index contributed by atoms with van der Waals surface area (Å²) in [5.41, 5.74) is 0. The van der Waals surface area contributed by atoms with Gasteiger partial charge in [0.15, 0.2) is 15.8 Å². The van der Waals surface area contributed by atoms with Gasteiger partial charge < -0.3 is 10.6 Å². The van der Waals surface area contributed by atoms with Crippen LogP contribution in [0.5, 0.6) is 0 Å². The smallest absolute Gasteiger partial charge is 0.191 e. The number of nitrogens with zero attached hydrogens (tertiary/aromatic N) is 2. The molecule has 2 unspecified atom stereocenters. The first kappa shape index (κ1) is 20.5. The molecule has 2 fully saturated rings. The molecule has 2 heterocycles. The summed E-state index contributed by atoms with van der Waals surface area (Å²) in [6.45, 7) is 12.7. The summed E-state index contributed by atoms with van der Waals surface area (Å²) in [5, 5.41) is 6.58. The van der Waals surface area contributed by atoms with E-state index >= 15 is 0 Å². The Morgan fingerprint density at radius 1 is 1.24 bits per heavy atom. The van der Waals surface area contributed by atoms with Crippen molar-refractivity contribution in [2.75, 3.05) is 37.7 Å². The first-order valence-corrected chi connectivity index (χ1v) is 11.6. The molecule has 2 saturated heterocycles. The van der Waals surface area contributed by atoms with Crippen molar-refractivity contribution >= 4 is 15.8 Å². The molecule has 25 heavy (non-hydrogen) atoms. The average Bonchev–Trinajstić information content (AvgIpc) is 2.88. The second-order valence-corrected chi connectivity index (χ2v) is 10.2. The predicted molar refractivity (Wildman–Crippen MR) is 105 cm³/mol. The molecule has 2 rings (SSSR count). The lowest BCUT2D eigenvalue weighted by atomic mass is 9.94. The summed E-state index contributed by atoms with van der Waals surface area (Å²) in [7, 11) is -2.88. The molecule has 0 saturated carbocycles. The Labute approximate surface area is 153 Å². The summed E-state index contributed by atoms with van der Waals surface area (Å²) in [5.74, 6) is 2.63. The fourth-order valence-electron chi connectivity index (χ4n) is 3.72. The lowest BCUT2D eigenvalue weighted by Crippen LogP contribution is -2.47. The fraction of sp³-hybridized carbons (Fsp3) is 0.944. The van der Waals surface area contributed by atoms with Crippen LogP contribution in [0.25, 0.3) is 0 Å². The van der Waals surface area contributed by atoms with Gasteiger partial charge in [-0.2, -0.15) is 0 Å². The van der Waals surface area contributed by atoms with Crippen LogP contribution < -0.4 is 10.6 Å². The molecule has 2 aliphatic heterocycles. The fourth-order valence-corrected chi connectivity index (χ4v) is 5.39. The van der Waals surface area contributed by atoms with Crippen LogP contribution in [0.15, 0.2) is 4.99 Å². The van der Waals surface area contributed by atoms with E-state index in [4.69, 9.17) is 4.99 Å². The van der Waals surface area contributed by atoms with Gasteiger partial charge in [-0.3, -0.25) is 9.89 Å². The van der Waals surface area contributed by atoms with Gasteiger partial charge in [-0.15, -0.1) is 0 Å². The molecule has 0 aliphatic carbocycles. The van der Waals surface area contributed by atoms with E-state index in [1.807, 2.05) is 6.92 Å². The van der Waals surface area contributed by atoms with E-state index in [2.05, 4.69) is 36.3 Å². The molecule has 146 valence electrons. The van der Waals surface area contributed by atoms with Gasteiger partial charge in [0.25, 0.3) is 0 Å². The van der Waals surface area contributed by atoms with Crippen LogP contribution in [-0.2, 0) is 9.84 Å². The number of aliphatic imine (C=N–C) groups is 1. The average molecular weight is 373 g/mol. The first-order chi connectivity index (χ1) is 11.8. The molecule has 0 aromatic rings. The van der Waals surface area contributed by atoms with Crippen LogP contribution in [0, 0.1) is 11.8 Å². The maximum Gasteiger partial charge on any atom is 0.191 e. The molecule has 0 aromatic carbocycles. The number of guanidine groups is 1. The van der Waals surface area contributed by atoms with Crippen molar-refractivity contribution in [1.82, 2.24) is 15.5 Å². The number of hydrogen-bond donors (Lipinski definition) is 2. The second-order valence-electron chi connectivity index (χ2n) is 7.99. The highest BCUT2D eigenvalue weighted by Crippen LogP contribution is 2.21. The minimum absolute atomic E-state index is 0.0175. The van der Waals surface area contributed by atoms with Gasteiger partial charge in [-0.05, 0) is 51.1 Å². The van der Waals surface area contributed by atoms with E-state index in [-0.39, 0.29) is 17.5 Å². The Bertz CT molecular complexity index is 539. The third-order valence-electron chi connectivity index (χ3n) is 5.41. The second kappa shape index (κ2) is 9.21. The number of sulfone groups is 1. The van der Waals surface area contributed by atoms with Crippen molar-refractivity contribution in [2.45, 2.75) is 59.0 Å². The maximum atomic E-state index is 11.7. The SMILES string of the molecule is CCNC(=NCC(C(C)C)N1CCC(C)CC1)NC1CCS(=O)(=O)C1. The van der Waals surface area contributed by atoms with Crippen LogP contribution in [0.2, 0.25) is 0 Å². The van der Waals surface area contributed by atoms with Crippen LogP contribution in [0.1, 0.15) is 47.0 Å². The van der Waals surface area contributed by atoms with Crippen LogP contribution in [0.3, 0.4) is 0 Å². The predicted octanol–water partition coefficient (Wildman–Crippen LogP) is 1.49.